The number of nitrogens with zero attached hydrogens (tertiary/aromatic N) is 2. The third-order valence-electron chi connectivity index (χ3n) is 6.48. The van der Waals surface area contributed by atoms with Crippen LogP contribution in [0, 0.1) is 6.92 Å². The maximum Gasteiger partial charge on any atom is 0.244 e. The summed E-state index contributed by atoms with van der Waals surface area (Å²) >= 11 is 3.48. The molecule has 0 aliphatic rings. The molecule has 0 fully saturated rings. The summed E-state index contributed by atoms with van der Waals surface area (Å²) in [6.07, 6.45) is 2.10. The molecule has 3 aromatic carbocycles. The Morgan fingerprint density at radius 2 is 1.62 bits per heavy atom. The zero-order valence-corrected chi connectivity index (χ0v) is 25.2. The normalized spacial score (nSPS) is 12.8. The van der Waals surface area contributed by atoms with Gasteiger partial charge in [-0.25, -0.2) is 8.42 Å². The quantitative estimate of drug-likeness (QED) is 0.309. The fourth-order valence-electron chi connectivity index (χ4n) is 4.22. The molecule has 7 nitrogen and oxygen atoms in total. The van der Waals surface area contributed by atoms with Crippen molar-refractivity contribution in [2.24, 2.45) is 0 Å². The second kappa shape index (κ2) is 13.8. The monoisotopic (exact) mass is 613 g/mol. The van der Waals surface area contributed by atoms with Crippen molar-refractivity contribution in [1.29, 1.82) is 0 Å². The predicted octanol–water partition coefficient (Wildman–Crippen LogP) is 5.08. The van der Waals surface area contributed by atoms with Gasteiger partial charge in [0.2, 0.25) is 21.8 Å². The average molecular weight is 615 g/mol. The van der Waals surface area contributed by atoms with Crippen LogP contribution in [0.5, 0.6) is 0 Å². The summed E-state index contributed by atoms with van der Waals surface area (Å²) in [5, 5.41) is 3.03. The molecule has 0 aliphatic heterocycles. The lowest BCUT2D eigenvalue weighted by molar-refractivity contribution is -0.140. The zero-order chi connectivity index (χ0) is 28.6. The average Bonchev–Trinajstić information content (AvgIpc) is 2.89. The summed E-state index contributed by atoms with van der Waals surface area (Å²) in [6.45, 7) is 5.46. The Kier molecular flexibility index (Phi) is 10.7. The highest BCUT2D eigenvalue weighted by molar-refractivity contribution is 9.10. The number of benzene rings is 3. The van der Waals surface area contributed by atoms with E-state index in [4.69, 9.17) is 0 Å². The fraction of sp³-hybridized carbons (Fsp3) is 0.333. The summed E-state index contributed by atoms with van der Waals surface area (Å²) in [7, 11) is -3.79. The van der Waals surface area contributed by atoms with Crippen molar-refractivity contribution in [3.63, 3.8) is 0 Å². The van der Waals surface area contributed by atoms with Crippen molar-refractivity contribution in [2.45, 2.75) is 52.2 Å². The Labute approximate surface area is 240 Å². The second-order valence-electron chi connectivity index (χ2n) is 9.78. The lowest BCUT2D eigenvalue weighted by Crippen LogP contribution is -2.54. The number of halogens is 1. The van der Waals surface area contributed by atoms with E-state index in [0.717, 1.165) is 38.1 Å². The molecule has 3 rings (SSSR count). The van der Waals surface area contributed by atoms with Gasteiger partial charge < -0.3 is 10.2 Å². The van der Waals surface area contributed by atoms with Crippen molar-refractivity contribution >= 4 is 43.5 Å². The minimum Gasteiger partial charge on any atom is -0.352 e. The van der Waals surface area contributed by atoms with E-state index < -0.39 is 28.5 Å². The molecule has 0 radical (unpaired) electrons. The Balaban J connectivity index is 2.06. The molecular formula is C30H36BrN3O4S. The highest BCUT2D eigenvalue weighted by atomic mass is 79.9. The molecule has 1 N–H and O–H groups in total. The summed E-state index contributed by atoms with van der Waals surface area (Å²) in [5.74, 6) is -0.750. The lowest BCUT2D eigenvalue weighted by Gasteiger charge is -2.34. The van der Waals surface area contributed by atoms with Crippen LogP contribution in [-0.2, 0) is 32.6 Å². The number of sulfonamides is 1. The first kappa shape index (κ1) is 30.4. The van der Waals surface area contributed by atoms with E-state index in [1.807, 2.05) is 81.4 Å². The van der Waals surface area contributed by atoms with Gasteiger partial charge in [-0.2, -0.15) is 0 Å². The van der Waals surface area contributed by atoms with Crippen molar-refractivity contribution in [2.75, 3.05) is 17.1 Å². The van der Waals surface area contributed by atoms with E-state index in [-0.39, 0.29) is 24.9 Å². The van der Waals surface area contributed by atoms with Crippen LogP contribution in [0.1, 0.15) is 37.0 Å². The van der Waals surface area contributed by atoms with Crippen LogP contribution in [-0.4, -0.2) is 50.0 Å². The van der Waals surface area contributed by atoms with Crippen LogP contribution >= 0.6 is 15.9 Å². The van der Waals surface area contributed by atoms with Crippen LogP contribution in [0.2, 0.25) is 0 Å². The van der Waals surface area contributed by atoms with E-state index >= 15 is 0 Å². The summed E-state index contributed by atoms with van der Waals surface area (Å²) < 4.78 is 27.6. The van der Waals surface area contributed by atoms with Crippen molar-refractivity contribution in [1.82, 2.24) is 10.2 Å². The van der Waals surface area contributed by atoms with Gasteiger partial charge in [-0.1, -0.05) is 77.5 Å². The van der Waals surface area contributed by atoms with Crippen LogP contribution in [0.25, 0.3) is 0 Å². The SMILES string of the molecule is CCC(C)NC(=O)C(Cc1ccccc1)N(Cc1cccc(Br)c1)C(=O)CN(c1cccc(C)c1)S(C)(=O)=O. The topological polar surface area (TPSA) is 86.8 Å². The van der Waals surface area contributed by atoms with Crippen molar-refractivity contribution in [3.8, 4) is 0 Å². The van der Waals surface area contributed by atoms with E-state index in [1.54, 1.807) is 18.2 Å². The summed E-state index contributed by atoms with van der Waals surface area (Å²) in [6, 6.07) is 23.1. The molecule has 2 amide bonds. The van der Waals surface area contributed by atoms with Crippen LogP contribution < -0.4 is 9.62 Å². The zero-order valence-electron chi connectivity index (χ0n) is 22.8. The number of nitrogens with one attached hydrogen (secondary N) is 1. The Morgan fingerprint density at radius 3 is 2.23 bits per heavy atom. The molecular weight excluding hydrogens is 578 g/mol. The maximum atomic E-state index is 14.1. The fourth-order valence-corrected chi connectivity index (χ4v) is 5.51. The number of aryl methyl sites for hydroxylation is 1. The van der Waals surface area contributed by atoms with Gasteiger partial charge in [0.25, 0.3) is 0 Å². The molecule has 0 bridgehead atoms. The number of carbonyl (C=O) groups excluding carboxylic acids is 2. The van der Waals surface area contributed by atoms with Gasteiger partial charge in [-0.05, 0) is 61.2 Å². The predicted molar refractivity (Wildman–Crippen MR) is 160 cm³/mol. The van der Waals surface area contributed by atoms with E-state index in [0.29, 0.717) is 5.69 Å². The lowest BCUT2D eigenvalue weighted by atomic mass is 10.0. The second-order valence-corrected chi connectivity index (χ2v) is 12.6. The summed E-state index contributed by atoms with van der Waals surface area (Å²) in [5.41, 5.74) is 2.98. The minimum atomic E-state index is -3.79. The molecule has 0 aliphatic carbocycles. The van der Waals surface area contributed by atoms with Gasteiger partial charge in [0.15, 0.2) is 0 Å². The number of carbonyl (C=O) groups is 2. The van der Waals surface area contributed by atoms with Crippen molar-refractivity contribution in [3.05, 3.63) is 100 Å². The van der Waals surface area contributed by atoms with Gasteiger partial charge in [-0.15, -0.1) is 0 Å². The van der Waals surface area contributed by atoms with Gasteiger partial charge in [-0.3, -0.25) is 13.9 Å². The third kappa shape index (κ3) is 8.93. The molecule has 2 atom stereocenters. The number of hydrogen-bond donors (Lipinski definition) is 1. The van der Waals surface area contributed by atoms with E-state index in [1.165, 1.54) is 4.90 Å². The molecule has 9 heteroatoms. The largest absolute Gasteiger partial charge is 0.352 e. The molecule has 0 spiro atoms. The molecule has 0 saturated carbocycles. The van der Waals surface area contributed by atoms with Crippen LogP contribution in [0.15, 0.2) is 83.3 Å². The van der Waals surface area contributed by atoms with Gasteiger partial charge in [0, 0.05) is 23.5 Å². The molecule has 3 aromatic rings. The molecule has 208 valence electrons. The van der Waals surface area contributed by atoms with E-state index in [9.17, 15) is 18.0 Å². The molecule has 0 aromatic heterocycles. The summed E-state index contributed by atoms with van der Waals surface area (Å²) in [4.78, 5) is 29.2. The third-order valence-corrected chi connectivity index (χ3v) is 8.12. The van der Waals surface area contributed by atoms with Gasteiger partial charge >= 0.3 is 0 Å². The van der Waals surface area contributed by atoms with Gasteiger partial charge in [0.05, 0.1) is 11.9 Å². The molecule has 2 unspecified atom stereocenters. The standard InChI is InChI=1S/C30H36BrN3O4S/c1-5-23(3)32-30(36)28(19-24-12-7-6-8-13-24)33(20-25-14-10-15-26(31)18-25)29(35)21-34(39(4,37)38)27-16-9-11-22(2)17-27/h6-18,23,28H,5,19-21H2,1-4H3,(H,32,36). The number of amides is 2. The van der Waals surface area contributed by atoms with Gasteiger partial charge in [0.1, 0.15) is 12.6 Å². The van der Waals surface area contributed by atoms with Crippen LogP contribution in [0.3, 0.4) is 0 Å². The Hall–Kier alpha value is -3.17. The first-order chi connectivity index (χ1) is 18.5. The molecule has 39 heavy (non-hydrogen) atoms. The highest BCUT2D eigenvalue weighted by Gasteiger charge is 2.33. The van der Waals surface area contributed by atoms with Crippen molar-refractivity contribution < 1.29 is 18.0 Å². The first-order valence-electron chi connectivity index (χ1n) is 12.9. The first-order valence-corrected chi connectivity index (χ1v) is 15.5. The number of anilines is 1. The number of rotatable bonds is 12. The minimum absolute atomic E-state index is 0.0848. The molecule has 0 heterocycles. The molecule has 0 saturated heterocycles. The number of hydrogen-bond acceptors (Lipinski definition) is 4. The smallest absolute Gasteiger partial charge is 0.244 e. The Morgan fingerprint density at radius 1 is 0.949 bits per heavy atom. The van der Waals surface area contributed by atoms with E-state index in [2.05, 4.69) is 21.2 Å². The maximum absolute atomic E-state index is 14.1. The van der Waals surface area contributed by atoms with Crippen LogP contribution in [0.4, 0.5) is 5.69 Å². The Bertz CT molecular complexity index is 1380. The highest BCUT2D eigenvalue weighted by Crippen LogP contribution is 2.22.